The number of carbonyl (C=O) groups excluding carboxylic acids is 1. The summed E-state index contributed by atoms with van der Waals surface area (Å²) in [6.07, 6.45) is 1.40. The molecular weight excluding hydrogens is 406 g/mol. The maximum absolute atomic E-state index is 12.9. The molecule has 0 fully saturated rings. The van der Waals surface area contributed by atoms with Crippen LogP contribution in [-0.4, -0.2) is 34.4 Å². The van der Waals surface area contributed by atoms with Crippen LogP contribution in [0.3, 0.4) is 0 Å². The number of nitrogens with zero attached hydrogens (tertiary/aromatic N) is 4. The molecule has 2 aromatic heterocycles. The van der Waals surface area contributed by atoms with E-state index in [0.717, 1.165) is 10.9 Å². The molecule has 8 nitrogen and oxygen atoms in total. The van der Waals surface area contributed by atoms with Crippen molar-refractivity contribution in [2.75, 3.05) is 19.0 Å². The third-order valence-electron chi connectivity index (χ3n) is 4.96. The minimum atomic E-state index is -0.389. The molecule has 0 aliphatic carbocycles. The third-order valence-corrected chi connectivity index (χ3v) is 4.96. The van der Waals surface area contributed by atoms with Crippen molar-refractivity contribution in [3.05, 3.63) is 71.4 Å². The van der Waals surface area contributed by atoms with Gasteiger partial charge in [0.05, 0.1) is 19.9 Å². The highest BCUT2D eigenvalue weighted by Gasteiger charge is 2.19. The van der Waals surface area contributed by atoms with Gasteiger partial charge < -0.3 is 14.8 Å². The molecule has 0 saturated carbocycles. The number of aromatic nitrogens is 3. The molecule has 1 N–H and O–H groups in total. The van der Waals surface area contributed by atoms with E-state index >= 15 is 0 Å². The number of amides is 1. The van der Waals surface area contributed by atoms with Crippen molar-refractivity contribution in [2.45, 2.75) is 13.8 Å². The number of ether oxygens (including phenoxy) is 2. The molecule has 0 saturated heterocycles. The molecule has 8 heteroatoms. The maximum atomic E-state index is 12.9. The van der Waals surface area contributed by atoms with E-state index in [4.69, 9.17) is 14.5 Å². The topological polar surface area (TPSA) is 102 Å². The van der Waals surface area contributed by atoms with Gasteiger partial charge in [-0.3, -0.25) is 4.79 Å². The van der Waals surface area contributed by atoms with Gasteiger partial charge in [-0.2, -0.15) is 15.0 Å². The summed E-state index contributed by atoms with van der Waals surface area (Å²) >= 11 is 0. The average Bonchev–Trinajstić information content (AvgIpc) is 3.21. The van der Waals surface area contributed by atoms with Crippen LogP contribution in [0.5, 0.6) is 11.5 Å². The van der Waals surface area contributed by atoms with Crippen LogP contribution in [0.2, 0.25) is 0 Å². The number of fused-ring (bicyclic) bond motifs is 1. The van der Waals surface area contributed by atoms with Gasteiger partial charge in [-0.15, -0.1) is 0 Å². The van der Waals surface area contributed by atoms with Crippen molar-refractivity contribution in [1.29, 1.82) is 5.26 Å². The number of anilines is 1. The fraction of sp³-hybridized carbons (Fsp3) is 0.167. The van der Waals surface area contributed by atoms with Crippen LogP contribution in [0.25, 0.3) is 16.7 Å². The van der Waals surface area contributed by atoms with Crippen LogP contribution in [0.1, 0.15) is 28.4 Å². The maximum Gasteiger partial charge on any atom is 0.256 e. The summed E-state index contributed by atoms with van der Waals surface area (Å²) in [6, 6.07) is 16.5. The summed E-state index contributed by atoms with van der Waals surface area (Å²) in [6.45, 7) is 4.32. The lowest BCUT2D eigenvalue weighted by Gasteiger charge is -2.13. The number of methoxy groups -OCH3 is 1. The molecule has 1 amide bonds. The number of carbonyl (C=O) groups is 1. The summed E-state index contributed by atoms with van der Waals surface area (Å²) < 4.78 is 12.4. The molecule has 4 aromatic rings. The lowest BCUT2D eigenvalue weighted by Crippen LogP contribution is -2.16. The smallest absolute Gasteiger partial charge is 0.256 e. The number of nitrogens with one attached hydrogen (secondary N) is 1. The van der Waals surface area contributed by atoms with E-state index in [1.807, 2.05) is 38.1 Å². The van der Waals surface area contributed by atoms with E-state index in [-0.39, 0.29) is 17.3 Å². The van der Waals surface area contributed by atoms with Crippen molar-refractivity contribution in [2.24, 2.45) is 0 Å². The second-order valence-electron chi connectivity index (χ2n) is 7.00. The monoisotopic (exact) mass is 427 g/mol. The van der Waals surface area contributed by atoms with Crippen molar-refractivity contribution < 1.29 is 14.3 Å². The Labute approximate surface area is 185 Å². The highest BCUT2D eigenvalue weighted by molar-refractivity contribution is 6.04. The van der Waals surface area contributed by atoms with E-state index < -0.39 is 0 Å². The van der Waals surface area contributed by atoms with E-state index in [9.17, 15) is 10.1 Å². The zero-order chi connectivity index (χ0) is 22.7. The van der Waals surface area contributed by atoms with Gasteiger partial charge in [0.15, 0.2) is 11.6 Å². The Bertz CT molecular complexity index is 1350. The van der Waals surface area contributed by atoms with Gasteiger partial charge >= 0.3 is 0 Å². The van der Waals surface area contributed by atoms with E-state index in [2.05, 4.69) is 16.5 Å². The van der Waals surface area contributed by atoms with E-state index in [1.165, 1.54) is 10.9 Å². The van der Waals surface area contributed by atoms with E-state index in [0.29, 0.717) is 35.0 Å². The largest absolute Gasteiger partial charge is 0.494 e. The Morgan fingerprint density at radius 1 is 1.22 bits per heavy atom. The zero-order valence-electron chi connectivity index (χ0n) is 17.9. The van der Waals surface area contributed by atoms with Gasteiger partial charge in [0.1, 0.15) is 28.6 Å². The number of hydrogen-bond donors (Lipinski definition) is 1. The van der Waals surface area contributed by atoms with Crippen molar-refractivity contribution >= 4 is 22.6 Å². The number of rotatable bonds is 6. The molecule has 0 bridgehead atoms. The van der Waals surface area contributed by atoms with Gasteiger partial charge in [0.25, 0.3) is 5.91 Å². The van der Waals surface area contributed by atoms with Crippen molar-refractivity contribution in [3.63, 3.8) is 0 Å². The second kappa shape index (κ2) is 8.78. The molecule has 0 atom stereocenters. The average molecular weight is 427 g/mol. The summed E-state index contributed by atoms with van der Waals surface area (Å²) in [4.78, 5) is 17.6. The van der Waals surface area contributed by atoms with Crippen LogP contribution in [0, 0.1) is 18.3 Å². The fourth-order valence-corrected chi connectivity index (χ4v) is 3.45. The van der Waals surface area contributed by atoms with Crippen LogP contribution < -0.4 is 14.8 Å². The van der Waals surface area contributed by atoms with Gasteiger partial charge in [0, 0.05) is 10.9 Å². The SMILES string of the molecule is CCOc1cccc(C(=O)Nc2c(C#N)cnn2-c2cc(C)c3cccc(OC)c3n2)c1. The standard InChI is InChI=1S/C24H21N5O3/c1-4-32-18-8-5-7-16(12-18)24(30)28-23-17(13-25)14-26-29(23)21-11-15(2)19-9-6-10-20(31-3)22(19)27-21/h5-12,14H,4H2,1-3H3,(H,28,30). The molecule has 32 heavy (non-hydrogen) atoms. The summed E-state index contributed by atoms with van der Waals surface area (Å²) in [7, 11) is 1.59. The first kappa shape index (κ1) is 20.9. The number of aryl methyl sites for hydroxylation is 1. The van der Waals surface area contributed by atoms with Gasteiger partial charge in [-0.25, -0.2) is 4.98 Å². The minimum absolute atomic E-state index is 0.221. The Balaban J connectivity index is 1.77. The molecule has 0 unspecified atom stereocenters. The van der Waals surface area contributed by atoms with Crippen molar-refractivity contribution in [1.82, 2.24) is 14.8 Å². The fourth-order valence-electron chi connectivity index (χ4n) is 3.45. The van der Waals surface area contributed by atoms with Gasteiger partial charge in [-0.05, 0) is 49.7 Å². The first-order chi connectivity index (χ1) is 15.5. The summed E-state index contributed by atoms with van der Waals surface area (Å²) in [5, 5.41) is 17.6. The number of para-hydroxylation sites is 1. The Kier molecular flexibility index (Phi) is 5.73. The van der Waals surface area contributed by atoms with Crippen LogP contribution >= 0.6 is 0 Å². The Morgan fingerprint density at radius 2 is 2.03 bits per heavy atom. The predicted molar refractivity (Wildman–Crippen MR) is 120 cm³/mol. The number of hydrogen-bond acceptors (Lipinski definition) is 6. The first-order valence-corrected chi connectivity index (χ1v) is 10.0. The van der Waals surface area contributed by atoms with Crippen LogP contribution in [0.4, 0.5) is 5.82 Å². The first-order valence-electron chi connectivity index (χ1n) is 10.0. The Hall–Kier alpha value is -4.38. The summed E-state index contributed by atoms with van der Waals surface area (Å²) in [5.74, 6) is 1.52. The minimum Gasteiger partial charge on any atom is -0.494 e. The molecular formula is C24H21N5O3. The molecule has 160 valence electrons. The highest BCUT2D eigenvalue weighted by atomic mass is 16.5. The Morgan fingerprint density at radius 3 is 2.78 bits per heavy atom. The summed E-state index contributed by atoms with van der Waals surface area (Å²) in [5.41, 5.74) is 2.25. The normalized spacial score (nSPS) is 10.6. The van der Waals surface area contributed by atoms with E-state index in [1.54, 1.807) is 31.4 Å². The quantitative estimate of drug-likeness (QED) is 0.493. The number of nitriles is 1. The van der Waals surface area contributed by atoms with Crippen LogP contribution in [0.15, 0.2) is 54.7 Å². The molecule has 0 aliphatic heterocycles. The molecule has 0 spiro atoms. The molecule has 2 heterocycles. The van der Waals surface area contributed by atoms with Gasteiger partial charge in [-0.1, -0.05) is 18.2 Å². The van der Waals surface area contributed by atoms with Crippen LogP contribution in [-0.2, 0) is 0 Å². The predicted octanol–water partition coefficient (Wildman–Crippen LogP) is 4.26. The third kappa shape index (κ3) is 3.84. The number of pyridine rings is 1. The second-order valence-corrected chi connectivity index (χ2v) is 7.00. The number of benzene rings is 2. The lowest BCUT2D eigenvalue weighted by molar-refractivity contribution is 0.102. The molecule has 4 rings (SSSR count). The molecule has 0 aliphatic rings. The van der Waals surface area contributed by atoms with Gasteiger partial charge in [0.2, 0.25) is 0 Å². The van der Waals surface area contributed by atoms with Crippen molar-refractivity contribution in [3.8, 4) is 23.4 Å². The lowest BCUT2D eigenvalue weighted by atomic mass is 10.1. The molecule has 0 radical (unpaired) electrons. The molecule has 2 aromatic carbocycles. The highest BCUT2D eigenvalue weighted by Crippen LogP contribution is 2.29. The zero-order valence-corrected chi connectivity index (χ0v) is 17.9.